The molecule has 0 aliphatic heterocycles. The van der Waals surface area contributed by atoms with Crippen LogP contribution in [-0.4, -0.2) is 23.1 Å². The Kier molecular flexibility index (Phi) is 37.6. The summed E-state index contributed by atoms with van der Waals surface area (Å²) in [6.45, 7) is 4.52. The third-order valence-corrected chi connectivity index (χ3v) is 9.05. The number of allylic oxidation sites excluding steroid dienone is 8. The number of carbonyl (C=O) groups excluding carboxylic acids is 1. The number of carbonyl (C=O) groups is 2. The highest BCUT2D eigenvalue weighted by atomic mass is 16.5. The largest absolute Gasteiger partial charge is 0.481 e. The molecule has 0 amide bonds. The molecule has 0 rings (SSSR count). The van der Waals surface area contributed by atoms with Gasteiger partial charge in [-0.15, -0.1) is 0 Å². The lowest BCUT2D eigenvalue weighted by Crippen LogP contribution is -2.18. The maximum absolute atomic E-state index is 12.7. The van der Waals surface area contributed by atoms with Crippen molar-refractivity contribution >= 4 is 11.9 Å². The summed E-state index contributed by atoms with van der Waals surface area (Å²) in [6, 6.07) is 0. The number of unbranched alkanes of at least 4 members (excludes halogenated alkanes) is 20. The Hall–Kier alpha value is -2.10. The average Bonchev–Trinajstić information content (AvgIpc) is 3.07. The number of rotatable bonds is 37. The highest BCUT2D eigenvalue weighted by Gasteiger charge is 2.14. The standard InChI is InChI=1S/C44H78O4/c1-3-5-7-9-11-13-15-16-17-18-19-20-22-24-29-33-37-41-44(47)48-42(39-35-31-27-25-28-32-36-40-43(45)46)38-34-30-26-23-21-14-12-10-8-6-4-2/h11,13,16-17,19-20,24,29,42H,3-10,12,14-15,18,21-23,25-28,30-41H2,1-2H3,(H,45,46)/b13-11-,17-16-,20-19-,29-24-. The molecular weight excluding hydrogens is 592 g/mol. The van der Waals surface area contributed by atoms with Gasteiger partial charge in [0.2, 0.25) is 0 Å². The highest BCUT2D eigenvalue weighted by molar-refractivity contribution is 5.69. The van der Waals surface area contributed by atoms with Crippen LogP contribution in [0.2, 0.25) is 0 Å². The smallest absolute Gasteiger partial charge is 0.306 e. The maximum atomic E-state index is 12.7. The lowest BCUT2D eigenvalue weighted by Gasteiger charge is -2.18. The molecule has 0 aromatic heterocycles. The molecule has 0 saturated carbocycles. The van der Waals surface area contributed by atoms with Crippen molar-refractivity contribution in [2.45, 2.75) is 219 Å². The van der Waals surface area contributed by atoms with Crippen molar-refractivity contribution in [2.24, 2.45) is 0 Å². The summed E-state index contributed by atoms with van der Waals surface area (Å²) in [5.41, 5.74) is 0. The first-order chi connectivity index (χ1) is 23.6. The molecule has 0 aromatic rings. The number of hydrogen-bond acceptors (Lipinski definition) is 3. The molecular formula is C44H78O4. The fourth-order valence-corrected chi connectivity index (χ4v) is 6.00. The zero-order chi connectivity index (χ0) is 35.0. The van der Waals surface area contributed by atoms with Gasteiger partial charge in [0.1, 0.15) is 6.10 Å². The number of carboxylic acids is 1. The van der Waals surface area contributed by atoms with E-state index in [0.29, 0.717) is 6.42 Å². The number of aliphatic carboxylic acids is 1. The molecule has 0 bridgehead atoms. The van der Waals surface area contributed by atoms with Crippen LogP contribution in [0.4, 0.5) is 0 Å². The molecule has 0 spiro atoms. The molecule has 0 fully saturated rings. The summed E-state index contributed by atoms with van der Waals surface area (Å²) < 4.78 is 6.01. The van der Waals surface area contributed by atoms with Gasteiger partial charge in [0.15, 0.2) is 0 Å². The van der Waals surface area contributed by atoms with Gasteiger partial charge in [-0.2, -0.15) is 0 Å². The number of hydrogen-bond donors (Lipinski definition) is 1. The summed E-state index contributed by atoms with van der Waals surface area (Å²) in [7, 11) is 0. The van der Waals surface area contributed by atoms with Crippen LogP contribution in [0.1, 0.15) is 213 Å². The van der Waals surface area contributed by atoms with Gasteiger partial charge in [-0.3, -0.25) is 9.59 Å². The molecule has 0 saturated heterocycles. The second-order valence-electron chi connectivity index (χ2n) is 13.8. The van der Waals surface area contributed by atoms with Crippen molar-refractivity contribution in [3.8, 4) is 0 Å². The minimum atomic E-state index is -0.691. The molecule has 0 aromatic carbocycles. The molecule has 4 heteroatoms. The Balaban J connectivity index is 4.19. The van der Waals surface area contributed by atoms with Crippen LogP contribution in [0.25, 0.3) is 0 Å². The summed E-state index contributed by atoms with van der Waals surface area (Å²) in [6.07, 6.45) is 52.7. The van der Waals surface area contributed by atoms with Crippen molar-refractivity contribution in [1.29, 1.82) is 0 Å². The maximum Gasteiger partial charge on any atom is 0.306 e. The lowest BCUT2D eigenvalue weighted by molar-refractivity contribution is -0.150. The third-order valence-electron chi connectivity index (χ3n) is 9.05. The number of ether oxygens (including phenoxy) is 1. The van der Waals surface area contributed by atoms with Gasteiger partial charge in [0.05, 0.1) is 0 Å². The summed E-state index contributed by atoms with van der Waals surface area (Å²) in [4.78, 5) is 23.3. The fourth-order valence-electron chi connectivity index (χ4n) is 6.00. The molecule has 48 heavy (non-hydrogen) atoms. The minimum absolute atomic E-state index is 0.0302. The molecule has 0 aliphatic rings. The zero-order valence-electron chi connectivity index (χ0n) is 31.8. The summed E-state index contributed by atoms with van der Waals surface area (Å²) >= 11 is 0. The molecule has 0 aliphatic carbocycles. The van der Waals surface area contributed by atoms with E-state index in [1.165, 1.54) is 103 Å². The molecule has 1 atom stereocenters. The van der Waals surface area contributed by atoms with Crippen LogP contribution < -0.4 is 0 Å². The van der Waals surface area contributed by atoms with E-state index in [9.17, 15) is 9.59 Å². The van der Waals surface area contributed by atoms with Gasteiger partial charge in [-0.05, 0) is 77.0 Å². The minimum Gasteiger partial charge on any atom is -0.481 e. The number of carboxylic acid groups (broad SMARTS) is 1. The van der Waals surface area contributed by atoms with E-state index in [2.05, 4.69) is 62.5 Å². The lowest BCUT2D eigenvalue weighted by atomic mass is 10.0. The quantitative estimate of drug-likeness (QED) is 0.0406. The van der Waals surface area contributed by atoms with Crippen molar-refractivity contribution < 1.29 is 19.4 Å². The second kappa shape index (κ2) is 39.3. The van der Waals surface area contributed by atoms with Crippen LogP contribution in [0.3, 0.4) is 0 Å². The van der Waals surface area contributed by atoms with Crippen LogP contribution in [0.15, 0.2) is 48.6 Å². The van der Waals surface area contributed by atoms with Crippen molar-refractivity contribution in [3.05, 3.63) is 48.6 Å². The molecule has 0 radical (unpaired) electrons. The van der Waals surface area contributed by atoms with Gasteiger partial charge >= 0.3 is 11.9 Å². The Morgan fingerprint density at radius 2 is 0.833 bits per heavy atom. The van der Waals surface area contributed by atoms with Gasteiger partial charge in [0.25, 0.3) is 0 Å². The molecule has 0 heterocycles. The average molecular weight is 671 g/mol. The SMILES string of the molecule is CCCCC/C=C\C/C=C\C/C=C\C/C=C\CCCC(=O)OC(CCCCCCCCCCCCC)CCCCCCCCCC(=O)O. The molecule has 4 nitrogen and oxygen atoms in total. The summed E-state index contributed by atoms with van der Waals surface area (Å²) in [5, 5.41) is 8.77. The normalized spacial score (nSPS) is 12.7. The van der Waals surface area contributed by atoms with E-state index in [4.69, 9.17) is 9.84 Å². The van der Waals surface area contributed by atoms with Crippen molar-refractivity contribution in [2.75, 3.05) is 0 Å². The first-order valence-corrected chi connectivity index (χ1v) is 20.6. The van der Waals surface area contributed by atoms with Crippen LogP contribution >= 0.6 is 0 Å². The first kappa shape index (κ1) is 45.9. The third kappa shape index (κ3) is 38.3. The van der Waals surface area contributed by atoms with Crippen molar-refractivity contribution in [1.82, 2.24) is 0 Å². The predicted molar refractivity (Wildman–Crippen MR) is 209 cm³/mol. The van der Waals surface area contributed by atoms with E-state index in [1.54, 1.807) is 0 Å². The van der Waals surface area contributed by atoms with Gasteiger partial charge in [-0.1, -0.05) is 172 Å². The van der Waals surface area contributed by atoms with Gasteiger partial charge in [0, 0.05) is 12.8 Å². The molecule has 1 N–H and O–H groups in total. The Labute approximate surface area is 298 Å². The van der Waals surface area contributed by atoms with E-state index in [1.807, 2.05) is 0 Å². The van der Waals surface area contributed by atoms with E-state index in [0.717, 1.165) is 83.5 Å². The predicted octanol–water partition coefficient (Wildman–Crippen LogP) is 14.3. The van der Waals surface area contributed by atoms with E-state index in [-0.39, 0.29) is 18.5 Å². The summed E-state index contributed by atoms with van der Waals surface area (Å²) in [5.74, 6) is -0.721. The fraction of sp³-hybridized carbons (Fsp3) is 0.773. The topological polar surface area (TPSA) is 63.6 Å². The Morgan fingerprint density at radius 1 is 0.458 bits per heavy atom. The highest BCUT2D eigenvalue weighted by Crippen LogP contribution is 2.19. The van der Waals surface area contributed by atoms with E-state index < -0.39 is 5.97 Å². The molecule has 1 unspecified atom stereocenters. The van der Waals surface area contributed by atoms with Crippen LogP contribution in [0.5, 0.6) is 0 Å². The van der Waals surface area contributed by atoms with Crippen LogP contribution in [0, 0.1) is 0 Å². The van der Waals surface area contributed by atoms with Crippen LogP contribution in [-0.2, 0) is 14.3 Å². The van der Waals surface area contributed by atoms with Gasteiger partial charge in [-0.25, -0.2) is 0 Å². The monoisotopic (exact) mass is 671 g/mol. The number of esters is 1. The zero-order valence-corrected chi connectivity index (χ0v) is 31.8. The van der Waals surface area contributed by atoms with E-state index >= 15 is 0 Å². The second-order valence-corrected chi connectivity index (χ2v) is 13.8. The van der Waals surface area contributed by atoms with Gasteiger partial charge < -0.3 is 9.84 Å². The Bertz CT molecular complexity index is 809. The first-order valence-electron chi connectivity index (χ1n) is 20.6. The van der Waals surface area contributed by atoms with Crippen molar-refractivity contribution in [3.63, 3.8) is 0 Å². The Morgan fingerprint density at radius 3 is 1.29 bits per heavy atom. The molecule has 278 valence electrons.